The largest absolute Gasteiger partial charge is 0.302 e. The molecule has 16 heavy (non-hydrogen) atoms. The van der Waals surface area contributed by atoms with Crippen LogP contribution in [0, 0.1) is 0 Å². The van der Waals surface area contributed by atoms with Crippen molar-refractivity contribution in [1.82, 2.24) is 5.06 Å². The molecule has 0 aliphatic carbocycles. The second-order valence-corrected chi connectivity index (χ2v) is 4.76. The van der Waals surface area contributed by atoms with E-state index in [4.69, 9.17) is 28.0 Å². The average molecular weight is 260 g/mol. The van der Waals surface area contributed by atoms with E-state index in [0.29, 0.717) is 10.0 Å². The van der Waals surface area contributed by atoms with Crippen molar-refractivity contribution in [3.05, 3.63) is 33.8 Å². The Morgan fingerprint density at radius 3 is 2.88 bits per heavy atom. The van der Waals surface area contributed by atoms with Gasteiger partial charge in [-0.25, -0.2) is 0 Å². The molecule has 0 amide bonds. The molecule has 1 atom stereocenters. The number of rotatable bonds is 2. The minimum absolute atomic E-state index is 0.227. The zero-order valence-electron chi connectivity index (χ0n) is 9.25. The number of halogens is 2. The fourth-order valence-electron chi connectivity index (χ4n) is 2.21. The van der Waals surface area contributed by atoms with E-state index in [1.54, 1.807) is 7.11 Å². The molecule has 1 aromatic carbocycles. The van der Waals surface area contributed by atoms with Crippen LogP contribution in [0.4, 0.5) is 0 Å². The van der Waals surface area contributed by atoms with Crippen LogP contribution < -0.4 is 0 Å². The number of piperidine rings is 1. The third-order valence-corrected chi connectivity index (χ3v) is 3.86. The Hall–Kier alpha value is -0.280. The Kier molecular flexibility index (Phi) is 4.09. The maximum absolute atomic E-state index is 6.23. The minimum atomic E-state index is 0.227. The topological polar surface area (TPSA) is 12.5 Å². The zero-order valence-corrected chi connectivity index (χ0v) is 10.8. The monoisotopic (exact) mass is 259 g/mol. The summed E-state index contributed by atoms with van der Waals surface area (Å²) in [7, 11) is 1.71. The molecule has 88 valence electrons. The van der Waals surface area contributed by atoms with Gasteiger partial charge in [-0.2, -0.15) is 5.06 Å². The van der Waals surface area contributed by atoms with Gasteiger partial charge in [-0.05, 0) is 24.5 Å². The molecule has 1 aliphatic rings. The summed E-state index contributed by atoms with van der Waals surface area (Å²) in [5.41, 5.74) is 1.07. The van der Waals surface area contributed by atoms with E-state index < -0.39 is 0 Å². The van der Waals surface area contributed by atoms with Crippen molar-refractivity contribution in [2.45, 2.75) is 25.3 Å². The van der Waals surface area contributed by atoms with Crippen molar-refractivity contribution >= 4 is 23.2 Å². The van der Waals surface area contributed by atoms with E-state index in [1.165, 1.54) is 12.8 Å². The lowest BCUT2D eigenvalue weighted by Crippen LogP contribution is -2.32. The van der Waals surface area contributed by atoms with Gasteiger partial charge in [0.1, 0.15) is 0 Å². The molecule has 0 aromatic heterocycles. The summed E-state index contributed by atoms with van der Waals surface area (Å²) in [4.78, 5) is 5.38. The van der Waals surface area contributed by atoms with E-state index in [9.17, 15) is 0 Å². The van der Waals surface area contributed by atoms with Crippen LogP contribution in [-0.2, 0) is 4.84 Å². The summed E-state index contributed by atoms with van der Waals surface area (Å²) in [6.07, 6.45) is 3.43. The van der Waals surface area contributed by atoms with Crippen LogP contribution in [0.2, 0.25) is 10.0 Å². The summed E-state index contributed by atoms with van der Waals surface area (Å²) in [5.74, 6) is 0. The minimum Gasteiger partial charge on any atom is -0.302 e. The van der Waals surface area contributed by atoms with Crippen LogP contribution in [-0.4, -0.2) is 18.7 Å². The normalized spacial score (nSPS) is 22.3. The van der Waals surface area contributed by atoms with Crippen molar-refractivity contribution in [2.75, 3.05) is 13.7 Å². The third kappa shape index (κ3) is 2.35. The fourth-order valence-corrected chi connectivity index (χ4v) is 2.65. The summed E-state index contributed by atoms with van der Waals surface area (Å²) < 4.78 is 0. The van der Waals surface area contributed by atoms with Crippen LogP contribution in [0.5, 0.6) is 0 Å². The molecule has 4 heteroatoms. The predicted octanol–water partition coefficient (Wildman–Crippen LogP) is 4.08. The van der Waals surface area contributed by atoms with Crippen LogP contribution in [0.25, 0.3) is 0 Å². The number of benzene rings is 1. The summed E-state index contributed by atoms with van der Waals surface area (Å²) in [5, 5.41) is 3.25. The first-order valence-corrected chi connectivity index (χ1v) is 6.24. The highest BCUT2D eigenvalue weighted by atomic mass is 35.5. The van der Waals surface area contributed by atoms with E-state index in [0.717, 1.165) is 18.5 Å². The molecule has 0 N–H and O–H groups in total. The summed E-state index contributed by atoms with van der Waals surface area (Å²) in [6, 6.07) is 6.00. The Balaban J connectivity index is 2.30. The molecule has 1 saturated heterocycles. The molecular weight excluding hydrogens is 245 g/mol. The number of hydrogen-bond acceptors (Lipinski definition) is 2. The van der Waals surface area contributed by atoms with Crippen molar-refractivity contribution in [3.63, 3.8) is 0 Å². The van der Waals surface area contributed by atoms with E-state index >= 15 is 0 Å². The zero-order chi connectivity index (χ0) is 11.5. The highest BCUT2D eigenvalue weighted by Crippen LogP contribution is 2.37. The lowest BCUT2D eigenvalue weighted by atomic mass is 9.97. The van der Waals surface area contributed by atoms with E-state index in [2.05, 4.69) is 0 Å². The number of hydrogen-bond donors (Lipinski definition) is 0. The van der Waals surface area contributed by atoms with Crippen molar-refractivity contribution in [2.24, 2.45) is 0 Å². The quantitative estimate of drug-likeness (QED) is 0.794. The lowest BCUT2D eigenvalue weighted by molar-refractivity contribution is -0.176. The first-order valence-electron chi connectivity index (χ1n) is 5.48. The first-order chi connectivity index (χ1) is 7.74. The Morgan fingerprint density at radius 2 is 2.12 bits per heavy atom. The molecule has 2 rings (SSSR count). The Labute approximate surface area is 106 Å². The molecule has 1 heterocycles. The molecular formula is C12H15Cl2NO. The van der Waals surface area contributed by atoms with E-state index in [-0.39, 0.29) is 6.04 Å². The smallest absolute Gasteiger partial charge is 0.0641 e. The number of hydroxylamine groups is 2. The van der Waals surface area contributed by atoms with Gasteiger partial charge in [-0.3, -0.25) is 0 Å². The van der Waals surface area contributed by atoms with Gasteiger partial charge in [0.25, 0.3) is 0 Å². The van der Waals surface area contributed by atoms with Gasteiger partial charge in [0.15, 0.2) is 0 Å². The molecule has 1 aliphatic heterocycles. The molecule has 0 radical (unpaired) electrons. The van der Waals surface area contributed by atoms with Crippen LogP contribution in [0.15, 0.2) is 18.2 Å². The van der Waals surface area contributed by atoms with Gasteiger partial charge in [-0.1, -0.05) is 41.8 Å². The maximum Gasteiger partial charge on any atom is 0.0641 e. The first kappa shape index (κ1) is 12.2. The third-order valence-electron chi connectivity index (χ3n) is 3.03. The van der Waals surface area contributed by atoms with Crippen molar-refractivity contribution in [3.8, 4) is 0 Å². The Morgan fingerprint density at radius 1 is 1.31 bits per heavy atom. The predicted molar refractivity (Wildman–Crippen MR) is 66.8 cm³/mol. The molecule has 0 bridgehead atoms. The van der Waals surface area contributed by atoms with Gasteiger partial charge >= 0.3 is 0 Å². The number of nitrogens with zero attached hydrogens (tertiary/aromatic N) is 1. The average Bonchev–Trinajstić information content (AvgIpc) is 2.33. The van der Waals surface area contributed by atoms with Gasteiger partial charge < -0.3 is 4.84 Å². The standard InChI is InChI=1S/C12H15Cl2NO/c1-16-15-8-3-2-7-11(15)9-5-4-6-10(13)12(9)14/h4-6,11H,2-3,7-8H2,1H3. The molecule has 1 fully saturated rings. The van der Waals surface area contributed by atoms with Gasteiger partial charge in [-0.15, -0.1) is 0 Å². The van der Waals surface area contributed by atoms with Gasteiger partial charge in [0.2, 0.25) is 0 Å². The SMILES string of the molecule is CON1CCCCC1c1cccc(Cl)c1Cl. The van der Waals surface area contributed by atoms with Gasteiger partial charge in [0.05, 0.1) is 23.2 Å². The molecule has 0 saturated carbocycles. The molecule has 1 aromatic rings. The molecule has 1 unspecified atom stereocenters. The molecule has 2 nitrogen and oxygen atoms in total. The fraction of sp³-hybridized carbons (Fsp3) is 0.500. The summed E-state index contributed by atoms with van der Waals surface area (Å²) >= 11 is 12.3. The lowest BCUT2D eigenvalue weighted by Gasteiger charge is -2.34. The highest BCUT2D eigenvalue weighted by molar-refractivity contribution is 6.42. The van der Waals surface area contributed by atoms with Crippen LogP contribution in [0.1, 0.15) is 30.9 Å². The summed E-state index contributed by atoms with van der Waals surface area (Å²) in [6.45, 7) is 0.948. The maximum atomic E-state index is 6.23. The van der Waals surface area contributed by atoms with Crippen molar-refractivity contribution in [1.29, 1.82) is 0 Å². The van der Waals surface area contributed by atoms with Crippen LogP contribution >= 0.6 is 23.2 Å². The van der Waals surface area contributed by atoms with Gasteiger partial charge in [0, 0.05) is 6.54 Å². The van der Waals surface area contributed by atoms with Crippen LogP contribution in [0.3, 0.4) is 0 Å². The second kappa shape index (κ2) is 5.37. The van der Waals surface area contributed by atoms with E-state index in [1.807, 2.05) is 23.3 Å². The van der Waals surface area contributed by atoms with Crippen molar-refractivity contribution < 1.29 is 4.84 Å². The second-order valence-electron chi connectivity index (χ2n) is 3.98. The Bertz CT molecular complexity index is 370. The molecule has 0 spiro atoms. The highest BCUT2D eigenvalue weighted by Gasteiger charge is 2.26.